The summed E-state index contributed by atoms with van der Waals surface area (Å²) >= 11 is 1.58. The summed E-state index contributed by atoms with van der Waals surface area (Å²) in [5, 5.41) is 9.81. The molecule has 1 aliphatic heterocycles. The molecule has 152 valence electrons. The topological polar surface area (TPSA) is 43.2 Å². The van der Waals surface area contributed by atoms with Crippen molar-refractivity contribution in [3.8, 4) is 5.75 Å². The summed E-state index contributed by atoms with van der Waals surface area (Å²) in [5.41, 5.74) is 2.11. The normalized spacial score (nSPS) is 14.4. The van der Waals surface area contributed by atoms with Crippen LogP contribution < -0.4 is 4.74 Å². The second kappa shape index (κ2) is 9.41. The van der Waals surface area contributed by atoms with Gasteiger partial charge in [0.1, 0.15) is 5.82 Å². The Bertz CT molecular complexity index is 941. The summed E-state index contributed by atoms with van der Waals surface area (Å²) in [4.78, 5) is 2.43. The molecule has 2 heterocycles. The second-order valence-electron chi connectivity index (χ2n) is 7.21. The maximum absolute atomic E-state index is 14.0. The molecule has 0 atom stereocenters. The zero-order valence-corrected chi connectivity index (χ0v) is 17.4. The zero-order chi connectivity index (χ0) is 20.1. The molecule has 2 aromatic carbocycles. The van der Waals surface area contributed by atoms with E-state index in [1.54, 1.807) is 17.8 Å². The van der Waals surface area contributed by atoms with Gasteiger partial charge < -0.3 is 9.30 Å². The summed E-state index contributed by atoms with van der Waals surface area (Å²) < 4.78 is 21.2. The highest BCUT2D eigenvalue weighted by atomic mass is 32.2. The fourth-order valence-electron chi connectivity index (χ4n) is 3.56. The van der Waals surface area contributed by atoms with E-state index in [-0.39, 0.29) is 11.6 Å². The van der Waals surface area contributed by atoms with Crippen LogP contribution in [0.1, 0.15) is 29.8 Å². The zero-order valence-electron chi connectivity index (χ0n) is 16.6. The van der Waals surface area contributed by atoms with Crippen molar-refractivity contribution < 1.29 is 9.13 Å². The summed E-state index contributed by atoms with van der Waals surface area (Å²) in [6.45, 7) is 3.78. The molecule has 0 unspecified atom stereocenters. The first-order valence-electron chi connectivity index (χ1n) is 9.86. The van der Waals surface area contributed by atoms with Crippen molar-refractivity contribution >= 4 is 11.8 Å². The summed E-state index contributed by atoms with van der Waals surface area (Å²) in [6, 6.07) is 15.4. The molecule has 0 spiro atoms. The van der Waals surface area contributed by atoms with Crippen molar-refractivity contribution in [2.75, 3.05) is 20.2 Å². The minimum atomic E-state index is -0.342. The van der Waals surface area contributed by atoms with Crippen molar-refractivity contribution in [2.45, 2.75) is 36.8 Å². The molecule has 1 aromatic heterocycles. The molecule has 5 nitrogen and oxygen atoms in total. The van der Waals surface area contributed by atoms with Gasteiger partial charge in [-0.15, -0.1) is 10.2 Å². The molecular weight excluding hydrogens is 387 g/mol. The van der Waals surface area contributed by atoms with Crippen molar-refractivity contribution in [2.24, 2.45) is 0 Å². The molecule has 0 bridgehead atoms. The smallest absolute Gasteiger partial charge is 0.191 e. The molecule has 1 fully saturated rings. The number of ether oxygens (including phenoxy) is 1. The van der Waals surface area contributed by atoms with E-state index < -0.39 is 0 Å². The van der Waals surface area contributed by atoms with Gasteiger partial charge in [0.2, 0.25) is 0 Å². The number of aromatic nitrogens is 3. The number of nitrogens with zero attached hydrogens (tertiary/aromatic N) is 4. The van der Waals surface area contributed by atoms with Crippen LogP contribution in [0.4, 0.5) is 4.39 Å². The van der Waals surface area contributed by atoms with E-state index in [9.17, 15) is 4.39 Å². The Morgan fingerprint density at radius 3 is 2.52 bits per heavy atom. The van der Waals surface area contributed by atoms with Gasteiger partial charge in [-0.3, -0.25) is 4.90 Å². The van der Waals surface area contributed by atoms with E-state index in [1.807, 2.05) is 24.3 Å². The number of methoxy groups -OCH3 is 1. The Morgan fingerprint density at radius 1 is 1.00 bits per heavy atom. The third-order valence-electron chi connectivity index (χ3n) is 5.12. The summed E-state index contributed by atoms with van der Waals surface area (Å²) in [6.07, 6.45) is 2.49. The van der Waals surface area contributed by atoms with Crippen LogP contribution in [0.5, 0.6) is 5.75 Å². The van der Waals surface area contributed by atoms with Gasteiger partial charge in [-0.05, 0) is 49.2 Å². The first-order chi connectivity index (χ1) is 14.2. The molecule has 3 aromatic rings. The highest BCUT2D eigenvalue weighted by Crippen LogP contribution is 2.26. The predicted molar refractivity (Wildman–Crippen MR) is 113 cm³/mol. The lowest BCUT2D eigenvalue weighted by Gasteiger charge is -2.16. The van der Waals surface area contributed by atoms with E-state index in [2.05, 4.69) is 31.8 Å². The lowest BCUT2D eigenvalue weighted by Crippen LogP contribution is -2.21. The van der Waals surface area contributed by atoms with Gasteiger partial charge in [-0.2, -0.15) is 0 Å². The Hall–Kier alpha value is -2.38. The van der Waals surface area contributed by atoms with E-state index >= 15 is 0 Å². The molecule has 1 aliphatic rings. The van der Waals surface area contributed by atoms with Gasteiger partial charge in [0.15, 0.2) is 16.7 Å². The second-order valence-corrected chi connectivity index (χ2v) is 8.15. The van der Waals surface area contributed by atoms with E-state index in [0.717, 1.165) is 42.7 Å². The Morgan fingerprint density at radius 2 is 1.79 bits per heavy atom. The fraction of sp³-hybridized carbons (Fsp3) is 0.364. The SMILES string of the molecule is COc1ccc(CSc2nnc(CN3CCCC3)n2Cc2ccccc2)cc1F. The lowest BCUT2D eigenvalue weighted by molar-refractivity contribution is 0.316. The molecule has 1 saturated heterocycles. The summed E-state index contributed by atoms with van der Waals surface area (Å²) in [7, 11) is 1.47. The molecule has 4 rings (SSSR count). The number of halogens is 1. The number of benzene rings is 2. The van der Waals surface area contributed by atoms with E-state index in [0.29, 0.717) is 5.75 Å². The average Bonchev–Trinajstić information content (AvgIpc) is 3.38. The largest absolute Gasteiger partial charge is 0.494 e. The standard InChI is InChI=1S/C22H25FN4OS/c1-28-20-10-9-18(13-19(20)23)16-29-22-25-24-21(15-26-11-5-6-12-26)27(22)14-17-7-3-2-4-8-17/h2-4,7-10,13H,5-6,11-12,14-16H2,1H3. The molecule has 0 saturated carbocycles. The van der Waals surface area contributed by atoms with Crippen LogP contribution in [0.25, 0.3) is 0 Å². The molecule has 0 radical (unpaired) electrons. The van der Waals surface area contributed by atoms with Crippen LogP contribution in [0.3, 0.4) is 0 Å². The molecule has 0 aliphatic carbocycles. The summed E-state index contributed by atoms with van der Waals surface area (Å²) in [5.74, 6) is 1.53. The van der Waals surface area contributed by atoms with Gasteiger partial charge in [0.25, 0.3) is 0 Å². The first kappa shape index (κ1) is 19.9. The number of hydrogen-bond acceptors (Lipinski definition) is 5. The quantitative estimate of drug-likeness (QED) is 0.514. The van der Waals surface area contributed by atoms with Crippen LogP contribution in [-0.2, 0) is 18.8 Å². The van der Waals surface area contributed by atoms with Gasteiger partial charge in [-0.1, -0.05) is 48.2 Å². The monoisotopic (exact) mass is 412 g/mol. The van der Waals surface area contributed by atoms with Crippen LogP contribution in [-0.4, -0.2) is 39.9 Å². The molecule has 29 heavy (non-hydrogen) atoms. The molecule has 7 heteroatoms. The third kappa shape index (κ3) is 4.97. The number of likely N-dealkylation sites (tertiary alicyclic amines) is 1. The van der Waals surface area contributed by atoms with E-state index in [1.165, 1.54) is 31.6 Å². The van der Waals surface area contributed by atoms with Gasteiger partial charge in [-0.25, -0.2) is 4.39 Å². The maximum Gasteiger partial charge on any atom is 0.191 e. The minimum Gasteiger partial charge on any atom is -0.494 e. The van der Waals surface area contributed by atoms with Crippen LogP contribution in [0.15, 0.2) is 53.7 Å². The van der Waals surface area contributed by atoms with Gasteiger partial charge in [0.05, 0.1) is 20.2 Å². The van der Waals surface area contributed by atoms with Crippen molar-refractivity contribution in [3.05, 3.63) is 71.3 Å². The van der Waals surface area contributed by atoms with Crippen LogP contribution >= 0.6 is 11.8 Å². The number of thioether (sulfide) groups is 1. The van der Waals surface area contributed by atoms with E-state index in [4.69, 9.17) is 4.74 Å². The van der Waals surface area contributed by atoms with Gasteiger partial charge >= 0.3 is 0 Å². The number of hydrogen-bond donors (Lipinski definition) is 0. The Kier molecular flexibility index (Phi) is 6.46. The fourth-order valence-corrected chi connectivity index (χ4v) is 4.46. The first-order valence-corrected chi connectivity index (χ1v) is 10.8. The minimum absolute atomic E-state index is 0.263. The Labute approximate surface area is 174 Å². The Balaban J connectivity index is 1.53. The highest BCUT2D eigenvalue weighted by Gasteiger charge is 2.19. The van der Waals surface area contributed by atoms with Crippen LogP contribution in [0.2, 0.25) is 0 Å². The van der Waals surface area contributed by atoms with Gasteiger partial charge in [0, 0.05) is 5.75 Å². The van der Waals surface area contributed by atoms with Crippen LogP contribution in [0, 0.1) is 5.82 Å². The highest BCUT2D eigenvalue weighted by molar-refractivity contribution is 7.98. The number of rotatable bonds is 8. The maximum atomic E-state index is 14.0. The third-order valence-corrected chi connectivity index (χ3v) is 6.16. The lowest BCUT2D eigenvalue weighted by atomic mass is 10.2. The molecule has 0 amide bonds. The van der Waals surface area contributed by atoms with Crippen molar-refractivity contribution in [1.29, 1.82) is 0 Å². The van der Waals surface area contributed by atoms with Crippen molar-refractivity contribution in [1.82, 2.24) is 19.7 Å². The molecular formula is C22H25FN4OS. The average molecular weight is 413 g/mol. The molecule has 0 N–H and O–H groups in total. The van der Waals surface area contributed by atoms with Crippen molar-refractivity contribution in [3.63, 3.8) is 0 Å². The predicted octanol–water partition coefficient (Wildman–Crippen LogP) is 4.36.